The van der Waals surface area contributed by atoms with Gasteiger partial charge < -0.3 is 16.5 Å². The molecule has 0 fully saturated rings. The zero-order valence-corrected chi connectivity index (χ0v) is 11.4. The van der Waals surface area contributed by atoms with Gasteiger partial charge in [0.1, 0.15) is 5.54 Å². The van der Waals surface area contributed by atoms with Gasteiger partial charge in [0.15, 0.2) is 5.16 Å². The molecule has 2 rings (SSSR count). The number of thioether (sulfide) groups is 1. The van der Waals surface area contributed by atoms with Gasteiger partial charge >= 0.3 is 0 Å². The van der Waals surface area contributed by atoms with E-state index in [0.29, 0.717) is 10.7 Å². The molecule has 7 heteroatoms. The van der Waals surface area contributed by atoms with Gasteiger partial charge in [-0.15, -0.1) is 0 Å². The molecule has 1 aromatic carbocycles. The zero-order chi connectivity index (χ0) is 14.6. The summed E-state index contributed by atoms with van der Waals surface area (Å²) in [6.45, 7) is 0. The van der Waals surface area contributed by atoms with Gasteiger partial charge in [-0.2, -0.15) is 0 Å². The number of carbonyl (C=O) groups excluding carboxylic acids is 1. The molecule has 1 amide bonds. The highest BCUT2D eigenvalue weighted by atomic mass is 32.2. The molecule has 2 aromatic rings. The minimum Gasteiger partial charge on any atom is -0.368 e. The third-order valence-corrected chi connectivity index (χ3v) is 3.89. The van der Waals surface area contributed by atoms with E-state index < -0.39 is 11.4 Å². The van der Waals surface area contributed by atoms with Crippen LogP contribution in [-0.2, 0) is 10.3 Å². The van der Waals surface area contributed by atoms with Crippen molar-refractivity contribution in [1.82, 2.24) is 9.97 Å². The number of hydrogen-bond donors (Lipinski definition) is 3. The van der Waals surface area contributed by atoms with E-state index in [4.69, 9.17) is 11.5 Å². The van der Waals surface area contributed by atoms with Crippen LogP contribution in [0.2, 0.25) is 0 Å². The quantitative estimate of drug-likeness (QED) is 0.537. The fourth-order valence-corrected chi connectivity index (χ4v) is 2.62. The lowest BCUT2D eigenvalue weighted by Crippen LogP contribution is -2.51. The predicted octanol–water partition coefficient (Wildman–Crippen LogP) is 0.202. The molecule has 20 heavy (non-hydrogen) atoms. The number of aromatic nitrogens is 2. The van der Waals surface area contributed by atoms with Crippen molar-refractivity contribution < 1.29 is 4.79 Å². The molecule has 6 nitrogen and oxygen atoms in total. The summed E-state index contributed by atoms with van der Waals surface area (Å²) in [4.78, 5) is 29.4. The molecule has 0 bridgehead atoms. The number of benzene rings is 1. The lowest BCUT2D eigenvalue weighted by molar-refractivity contribution is -0.122. The number of aromatic amines is 1. The van der Waals surface area contributed by atoms with Crippen LogP contribution in [0.15, 0.2) is 52.5 Å². The van der Waals surface area contributed by atoms with Crippen molar-refractivity contribution in [2.75, 3.05) is 5.75 Å². The largest absolute Gasteiger partial charge is 0.368 e. The lowest BCUT2D eigenvalue weighted by atomic mass is 9.92. The van der Waals surface area contributed by atoms with E-state index in [0.717, 1.165) is 0 Å². The van der Waals surface area contributed by atoms with Gasteiger partial charge in [0.2, 0.25) is 5.91 Å². The highest BCUT2D eigenvalue weighted by molar-refractivity contribution is 7.99. The van der Waals surface area contributed by atoms with Crippen molar-refractivity contribution in [3.8, 4) is 0 Å². The maximum Gasteiger partial charge on any atom is 0.251 e. The first-order valence-electron chi connectivity index (χ1n) is 5.85. The summed E-state index contributed by atoms with van der Waals surface area (Å²) in [5.41, 5.74) is 10.6. The van der Waals surface area contributed by atoms with E-state index in [-0.39, 0.29) is 11.3 Å². The normalized spacial score (nSPS) is 13.7. The maximum atomic E-state index is 11.7. The van der Waals surface area contributed by atoms with Crippen LogP contribution in [0.5, 0.6) is 0 Å². The minimum atomic E-state index is -1.32. The minimum absolute atomic E-state index is 0.180. The van der Waals surface area contributed by atoms with E-state index in [1.165, 1.54) is 24.0 Å². The first-order valence-corrected chi connectivity index (χ1v) is 6.83. The predicted molar refractivity (Wildman–Crippen MR) is 77.1 cm³/mol. The highest BCUT2D eigenvalue weighted by Gasteiger charge is 2.34. The fourth-order valence-electron chi connectivity index (χ4n) is 1.64. The molecule has 0 aliphatic carbocycles. The van der Waals surface area contributed by atoms with E-state index in [9.17, 15) is 9.59 Å². The number of carbonyl (C=O) groups is 1. The maximum absolute atomic E-state index is 11.7. The number of H-pyrrole nitrogens is 1. The second kappa shape index (κ2) is 5.89. The Bertz CT molecular complexity index is 659. The smallest absolute Gasteiger partial charge is 0.251 e. The number of hydrogen-bond acceptors (Lipinski definition) is 5. The number of primary amides is 1. The Morgan fingerprint density at radius 2 is 2.00 bits per heavy atom. The van der Waals surface area contributed by atoms with Crippen LogP contribution in [0, 0.1) is 0 Å². The Hall–Kier alpha value is -2.12. The number of nitrogens with two attached hydrogens (primary N) is 2. The summed E-state index contributed by atoms with van der Waals surface area (Å²) in [5, 5.41) is 0.393. The van der Waals surface area contributed by atoms with Crippen LogP contribution in [0.1, 0.15) is 5.56 Å². The number of rotatable bonds is 5. The number of nitrogens with zero attached hydrogens (tertiary/aromatic N) is 1. The molecule has 1 unspecified atom stereocenters. The van der Waals surface area contributed by atoms with E-state index in [1.54, 1.807) is 24.3 Å². The summed E-state index contributed by atoms with van der Waals surface area (Å²) in [6.07, 6.45) is 1.39. The van der Waals surface area contributed by atoms with Crippen LogP contribution in [-0.4, -0.2) is 21.6 Å². The van der Waals surface area contributed by atoms with Crippen LogP contribution >= 0.6 is 11.8 Å². The first kappa shape index (κ1) is 14.3. The molecular weight excluding hydrogens is 276 g/mol. The summed E-state index contributed by atoms with van der Waals surface area (Å²) >= 11 is 1.17. The van der Waals surface area contributed by atoms with Crippen LogP contribution in [0.4, 0.5) is 0 Å². The fraction of sp³-hybridized carbons (Fsp3) is 0.154. The summed E-state index contributed by atoms with van der Waals surface area (Å²) in [7, 11) is 0. The van der Waals surface area contributed by atoms with Crippen LogP contribution in [0.3, 0.4) is 0 Å². The number of nitrogens with one attached hydrogen (secondary N) is 1. The number of amides is 1. The molecule has 0 radical (unpaired) electrons. The molecule has 1 aromatic heterocycles. The molecule has 1 heterocycles. The Kier molecular flexibility index (Phi) is 4.21. The highest BCUT2D eigenvalue weighted by Crippen LogP contribution is 2.25. The van der Waals surface area contributed by atoms with Gasteiger partial charge in [0, 0.05) is 18.0 Å². The van der Waals surface area contributed by atoms with Crippen LogP contribution < -0.4 is 17.0 Å². The molecule has 0 spiro atoms. The molecule has 1 atom stereocenters. The molecule has 104 valence electrons. The van der Waals surface area contributed by atoms with E-state index >= 15 is 0 Å². The van der Waals surface area contributed by atoms with Crippen molar-refractivity contribution in [2.45, 2.75) is 10.7 Å². The summed E-state index contributed by atoms with van der Waals surface area (Å²) < 4.78 is 0. The SMILES string of the molecule is NC(=O)C(N)(CSc1nccc(=O)[nH]1)c1ccccc1. The Morgan fingerprint density at radius 1 is 1.30 bits per heavy atom. The first-order chi connectivity index (χ1) is 9.52. The zero-order valence-electron chi connectivity index (χ0n) is 10.6. The van der Waals surface area contributed by atoms with Gasteiger partial charge in [0.25, 0.3) is 5.56 Å². The van der Waals surface area contributed by atoms with E-state index in [2.05, 4.69) is 9.97 Å². The lowest BCUT2D eigenvalue weighted by Gasteiger charge is -2.25. The van der Waals surface area contributed by atoms with Gasteiger partial charge in [-0.3, -0.25) is 9.59 Å². The van der Waals surface area contributed by atoms with Crippen molar-refractivity contribution in [1.29, 1.82) is 0 Å². The Morgan fingerprint density at radius 3 is 2.60 bits per heavy atom. The molecular formula is C13H14N4O2S. The molecule has 0 aliphatic rings. The monoisotopic (exact) mass is 290 g/mol. The molecule has 0 saturated heterocycles. The topological polar surface area (TPSA) is 115 Å². The average Bonchev–Trinajstić information content (AvgIpc) is 2.45. The van der Waals surface area contributed by atoms with Crippen molar-refractivity contribution in [3.63, 3.8) is 0 Å². The van der Waals surface area contributed by atoms with E-state index in [1.807, 2.05) is 6.07 Å². The third kappa shape index (κ3) is 3.06. The standard InChI is InChI=1S/C13H14N4O2S/c14-11(19)13(15,9-4-2-1-3-5-9)8-20-12-16-7-6-10(18)17-12/h1-7H,8,15H2,(H2,14,19)(H,16,17,18). The summed E-state index contributed by atoms with van der Waals surface area (Å²) in [6, 6.07) is 10.2. The Balaban J connectivity index is 2.23. The van der Waals surface area contributed by atoms with Gasteiger partial charge in [-0.25, -0.2) is 4.98 Å². The second-order valence-corrected chi connectivity index (χ2v) is 5.19. The van der Waals surface area contributed by atoms with Gasteiger partial charge in [-0.1, -0.05) is 42.1 Å². The Labute approximate surface area is 119 Å². The summed E-state index contributed by atoms with van der Waals surface area (Å²) in [5.74, 6) is -0.450. The third-order valence-electron chi connectivity index (χ3n) is 2.81. The second-order valence-electron chi connectivity index (χ2n) is 4.23. The molecule has 5 N–H and O–H groups in total. The average molecular weight is 290 g/mol. The van der Waals surface area contributed by atoms with Crippen molar-refractivity contribution in [3.05, 3.63) is 58.5 Å². The van der Waals surface area contributed by atoms with Crippen LogP contribution in [0.25, 0.3) is 0 Å². The van der Waals surface area contributed by atoms with Gasteiger partial charge in [-0.05, 0) is 5.56 Å². The van der Waals surface area contributed by atoms with Crippen molar-refractivity contribution in [2.24, 2.45) is 11.5 Å². The van der Waals surface area contributed by atoms with Crippen molar-refractivity contribution >= 4 is 17.7 Å². The molecule has 0 aliphatic heterocycles. The van der Waals surface area contributed by atoms with Gasteiger partial charge in [0.05, 0.1) is 0 Å². The molecule has 0 saturated carbocycles.